The highest BCUT2D eigenvalue weighted by molar-refractivity contribution is 7.52. The fourth-order valence-electron chi connectivity index (χ4n) is 3.75. The summed E-state index contributed by atoms with van der Waals surface area (Å²) in [6, 6.07) is 9.62. The summed E-state index contributed by atoms with van der Waals surface area (Å²) in [6.45, 7) is 6.52. The molecule has 12 heteroatoms. The number of aliphatic hydroxyl groups excluding tert-OH is 1. The van der Waals surface area contributed by atoms with E-state index < -0.39 is 44.1 Å². The number of para-hydroxylation sites is 1. The number of nitrogens with two attached hydrogens (primary N) is 1. The Morgan fingerprint density at radius 3 is 2.62 bits per heavy atom. The molecule has 0 bridgehead atoms. The molecule has 4 N–H and O–H groups in total. The predicted octanol–water partition coefficient (Wildman–Crippen LogP) is 3.04. The van der Waals surface area contributed by atoms with Crippen LogP contribution in [0.5, 0.6) is 5.75 Å². The Hall–Kier alpha value is -2.30. The number of benzene rings is 1. The third-order valence-electron chi connectivity index (χ3n) is 5.77. The number of anilines is 1. The van der Waals surface area contributed by atoms with E-state index in [-0.39, 0.29) is 17.8 Å². The van der Waals surface area contributed by atoms with Crippen molar-refractivity contribution in [1.82, 2.24) is 14.6 Å². The second-order valence-corrected chi connectivity index (χ2v) is 10.4. The molecule has 1 aliphatic rings. The fraction of sp³-hybridized carbons (Fsp3) is 0.545. The maximum atomic E-state index is 15.5. The highest BCUT2D eigenvalue weighted by Crippen LogP contribution is 2.48. The minimum absolute atomic E-state index is 0.0269. The molecule has 1 unspecified atom stereocenters. The van der Waals surface area contributed by atoms with Crippen molar-refractivity contribution in [3.8, 4) is 5.75 Å². The van der Waals surface area contributed by atoms with Crippen molar-refractivity contribution in [1.29, 1.82) is 0 Å². The molecule has 6 atom stereocenters. The van der Waals surface area contributed by atoms with E-state index in [0.717, 1.165) is 11.5 Å². The number of halogens is 1. The van der Waals surface area contributed by atoms with Gasteiger partial charge in [-0.05, 0) is 37.5 Å². The maximum absolute atomic E-state index is 15.5. The average molecular weight is 498 g/mol. The second kappa shape index (κ2) is 10.5. The molecule has 0 saturated carbocycles. The second-order valence-electron chi connectivity index (χ2n) is 8.75. The minimum atomic E-state index is -3.96. The number of hydrogen-bond donors (Lipinski definition) is 3. The van der Waals surface area contributed by atoms with Gasteiger partial charge in [-0.1, -0.05) is 39.0 Å². The van der Waals surface area contributed by atoms with Crippen molar-refractivity contribution in [3.63, 3.8) is 0 Å². The van der Waals surface area contributed by atoms with E-state index in [4.69, 9.17) is 19.5 Å². The van der Waals surface area contributed by atoms with Crippen molar-refractivity contribution < 1.29 is 27.8 Å². The van der Waals surface area contributed by atoms with E-state index in [1.165, 1.54) is 12.3 Å². The lowest BCUT2D eigenvalue weighted by atomic mass is 9.98. The van der Waals surface area contributed by atoms with Crippen LogP contribution in [0.1, 0.15) is 40.3 Å². The Kier molecular flexibility index (Phi) is 8.15. The molecule has 2 heterocycles. The Balaban J connectivity index is 1.81. The molecule has 3 rings (SSSR count). The van der Waals surface area contributed by atoms with Gasteiger partial charge < -0.3 is 20.1 Å². The molecule has 34 heavy (non-hydrogen) atoms. The van der Waals surface area contributed by atoms with Gasteiger partial charge in [-0.2, -0.15) is 4.98 Å². The summed E-state index contributed by atoms with van der Waals surface area (Å²) >= 11 is 0. The van der Waals surface area contributed by atoms with Gasteiger partial charge in [-0.25, -0.2) is 18.8 Å². The lowest BCUT2D eigenvalue weighted by molar-refractivity contribution is -0.0592. The van der Waals surface area contributed by atoms with Crippen molar-refractivity contribution in [2.75, 3.05) is 12.3 Å². The third kappa shape index (κ3) is 5.84. The number of nitrogens with zero attached hydrogens (tertiary/aromatic N) is 2. The molecule has 2 aromatic rings. The SMILES string of the molecule is CC[C@@H](NP(=O)(OC[C@H]1O[C@@H](n2ccc(N)nc2=O)[C@](C)(F)[C@@H]1O)Oc1ccccc1)C(C)C. The quantitative estimate of drug-likeness (QED) is 0.422. The Bertz CT molecular complexity index is 1070. The zero-order valence-electron chi connectivity index (χ0n) is 19.6. The zero-order chi connectivity index (χ0) is 25.1. The van der Waals surface area contributed by atoms with Gasteiger partial charge in [0.1, 0.15) is 23.8 Å². The van der Waals surface area contributed by atoms with Crippen molar-refractivity contribution in [2.45, 2.75) is 64.3 Å². The monoisotopic (exact) mass is 498 g/mol. The smallest absolute Gasteiger partial charge is 0.413 e. The molecule has 1 aromatic heterocycles. The normalized spacial score (nSPS) is 27.4. The first kappa shape index (κ1) is 26.3. The van der Waals surface area contributed by atoms with E-state index in [9.17, 15) is 14.5 Å². The Morgan fingerprint density at radius 1 is 1.35 bits per heavy atom. The standard InChI is InChI=1S/C22H32FN4O6P/c1-5-16(14(2)3)26-34(30,33-15-9-7-6-8-10-15)31-13-17-19(28)22(4,23)20(32-17)27-12-11-18(24)25-21(27)29/h6-12,14,16-17,19-20,28H,5,13H2,1-4H3,(H,26,30)(H2,24,25,29)/t16-,17-,19-,20-,22-,34?/m1/s1. The summed E-state index contributed by atoms with van der Waals surface area (Å²) in [5.74, 6) is 0.413. The van der Waals surface area contributed by atoms with Gasteiger partial charge in [0.2, 0.25) is 0 Å². The number of rotatable bonds is 10. The number of aromatic nitrogens is 2. The van der Waals surface area contributed by atoms with Crippen LogP contribution in [0.4, 0.5) is 10.2 Å². The van der Waals surface area contributed by atoms with Gasteiger partial charge in [-0.15, -0.1) is 0 Å². The molecule has 188 valence electrons. The van der Waals surface area contributed by atoms with Crippen LogP contribution in [0.25, 0.3) is 0 Å². The summed E-state index contributed by atoms with van der Waals surface area (Å²) in [5.41, 5.74) is 2.31. The van der Waals surface area contributed by atoms with Crippen LogP contribution in [-0.4, -0.2) is 45.2 Å². The lowest BCUT2D eigenvalue weighted by Gasteiger charge is -2.28. The highest BCUT2D eigenvalue weighted by atomic mass is 31.2. The van der Waals surface area contributed by atoms with Crippen LogP contribution in [0.15, 0.2) is 47.4 Å². The van der Waals surface area contributed by atoms with E-state index in [1.54, 1.807) is 30.3 Å². The van der Waals surface area contributed by atoms with Gasteiger partial charge in [0.25, 0.3) is 0 Å². The molecule has 1 fully saturated rings. The zero-order valence-corrected chi connectivity index (χ0v) is 20.5. The largest absolute Gasteiger partial charge is 0.459 e. The molecular weight excluding hydrogens is 466 g/mol. The molecule has 0 amide bonds. The molecule has 0 aliphatic carbocycles. The number of ether oxygens (including phenoxy) is 1. The molecule has 10 nitrogen and oxygen atoms in total. The number of nitrogen functional groups attached to an aromatic ring is 1. The first-order chi connectivity index (χ1) is 16.0. The van der Waals surface area contributed by atoms with E-state index in [2.05, 4.69) is 10.1 Å². The van der Waals surface area contributed by atoms with Crippen molar-refractivity contribution in [2.24, 2.45) is 5.92 Å². The average Bonchev–Trinajstić information content (AvgIpc) is 3.00. The van der Waals surface area contributed by atoms with Crippen LogP contribution < -0.4 is 21.0 Å². The Labute approximate surface area is 197 Å². The van der Waals surface area contributed by atoms with Gasteiger partial charge in [0.05, 0.1) is 6.61 Å². The summed E-state index contributed by atoms with van der Waals surface area (Å²) in [4.78, 5) is 15.8. The van der Waals surface area contributed by atoms with Gasteiger partial charge in [0, 0.05) is 12.2 Å². The molecule has 0 radical (unpaired) electrons. The van der Waals surface area contributed by atoms with Gasteiger partial charge in [-0.3, -0.25) is 9.09 Å². The number of nitrogens with one attached hydrogen (secondary N) is 1. The summed E-state index contributed by atoms with van der Waals surface area (Å²) in [7, 11) is -3.96. The molecule has 1 aliphatic heterocycles. The minimum Gasteiger partial charge on any atom is -0.413 e. The number of hydrogen-bond acceptors (Lipinski definition) is 8. The first-order valence-corrected chi connectivity index (χ1v) is 12.6. The van der Waals surface area contributed by atoms with Gasteiger partial charge in [0.15, 0.2) is 11.9 Å². The van der Waals surface area contributed by atoms with Crippen molar-refractivity contribution in [3.05, 3.63) is 53.1 Å². The third-order valence-corrected chi connectivity index (χ3v) is 7.36. The topological polar surface area (TPSA) is 138 Å². The molecular formula is C22H32FN4O6P. The summed E-state index contributed by atoms with van der Waals surface area (Å²) in [6.07, 6.45) is -2.51. The van der Waals surface area contributed by atoms with Crippen LogP contribution >= 0.6 is 7.75 Å². The summed E-state index contributed by atoms with van der Waals surface area (Å²) < 4.78 is 47.0. The first-order valence-electron chi connectivity index (χ1n) is 11.1. The lowest BCUT2D eigenvalue weighted by Crippen LogP contribution is -2.43. The van der Waals surface area contributed by atoms with Crippen molar-refractivity contribution >= 4 is 13.6 Å². The maximum Gasteiger partial charge on any atom is 0.459 e. The van der Waals surface area contributed by atoms with E-state index in [0.29, 0.717) is 12.2 Å². The van der Waals surface area contributed by atoms with Crippen LogP contribution in [0, 0.1) is 5.92 Å². The highest BCUT2D eigenvalue weighted by Gasteiger charge is 2.56. The van der Waals surface area contributed by atoms with Gasteiger partial charge >= 0.3 is 13.4 Å². The van der Waals surface area contributed by atoms with Crippen LogP contribution in [-0.2, 0) is 13.8 Å². The number of aliphatic hydroxyl groups is 1. The van der Waals surface area contributed by atoms with Crippen LogP contribution in [0.2, 0.25) is 0 Å². The van der Waals surface area contributed by atoms with E-state index in [1.807, 2.05) is 20.8 Å². The summed E-state index contributed by atoms with van der Waals surface area (Å²) in [5, 5.41) is 13.6. The number of alkyl halides is 1. The van der Waals surface area contributed by atoms with E-state index >= 15 is 4.39 Å². The fourth-order valence-corrected chi connectivity index (χ4v) is 5.56. The predicted molar refractivity (Wildman–Crippen MR) is 125 cm³/mol. The van der Waals surface area contributed by atoms with Crippen LogP contribution in [0.3, 0.4) is 0 Å². The molecule has 0 spiro atoms. The molecule has 1 aromatic carbocycles. The Morgan fingerprint density at radius 2 is 2.03 bits per heavy atom. The molecule has 1 saturated heterocycles.